The average Bonchev–Trinajstić information content (AvgIpc) is 3.64. The summed E-state index contributed by atoms with van der Waals surface area (Å²) < 4.78 is 10.6. The lowest BCUT2D eigenvalue weighted by Gasteiger charge is -2.42. The number of hydrogen-bond acceptors (Lipinski definition) is 6. The summed E-state index contributed by atoms with van der Waals surface area (Å²) in [6.45, 7) is 53.2. The minimum absolute atomic E-state index is 0.164. The van der Waals surface area contributed by atoms with Crippen molar-refractivity contribution in [1.82, 2.24) is 20.0 Å². The van der Waals surface area contributed by atoms with Crippen molar-refractivity contribution in [3.63, 3.8) is 0 Å². The van der Waals surface area contributed by atoms with Gasteiger partial charge in [-0.15, -0.1) is 0 Å². The molecule has 0 radical (unpaired) electrons. The smallest absolute Gasteiger partial charge is 0.410 e. The zero-order chi connectivity index (χ0) is 53.1. The Kier molecular flexibility index (Phi) is 27.7. The number of amides is 3. The fourth-order valence-electron chi connectivity index (χ4n) is 9.71. The Balaban J connectivity index is 0.000000422. The van der Waals surface area contributed by atoms with E-state index in [-0.39, 0.29) is 17.8 Å². The number of carbonyl (C=O) groups excluding carboxylic acids is 2. The van der Waals surface area contributed by atoms with Crippen LogP contribution in [0.4, 0.5) is 14.4 Å². The first-order valence-corrected chi connectivity index (χ1v) is 28.3. The average molecular weight is 978 g/mol. The molecule has 2 aliphatic carbocycles. The van der Waals surface area contributed by atoms with Gasteiger partial charge >= 0.3 is 18.3 Å². The lowest BCUT2D eigenvalue weighted by atomic mass is 9.72. The van der Waals surface area contributed by atoms with Crippen LogP contribution in [0.5, 0.6) is 0 Å². The van der Waals surface area contributed by atoms with Crippen LogP contribution >= 0.6 is 0 Å². The number of likely N-dealkylation sites (tertiary alicyclic amines) is 3. The fraction of sp³-hybridized carbons (Fsp3) is 0.949. The number of piperidine rings is 3. The predicted octanol–water partition coefficient (Wildman–Crippen LogP) is 15.9. The van der Waals surface area contributed by atoms with Crippen LogP contribution in [0.15, 0.2) is 0 Å². The van der Waals surface area contributed by atoms with Gasteiger partial charge in [0.2, 0.25) is 0 Å². The first kappa shape index (κ1) is 64.8. The van der Waals surface area contributed by atoms with Crippen LogP contribution in [-0.2, 0) is 9.47 Å². The van der Waals surface area contributed by atoms with Crippen LogP contribution in [-0.4, -0.2) is 102 Å². The van der Waals surface area contributed by atoms with Crippen LogP contribution in [0.2, 0.25) is 0 Å². The van der Waals surface area contributed by atoms with E-state index in [4.69, 9.17) is 14.6 Å². The number of rotatable bonds is 6. The molecule has 69 heavy (non-hydrogen) atoms. The van der Waals surface area contributed by atoms with E-state index < -0.39 is 11.7 Å². The molecule has 4 heterocycles. The molecule has 10 nitrogen and oxygen atoms in total. The van der Waals surface area contributed by atoms with E-state index in [1.54, 1.807) is 4.90 Å². The molecule has 0 atom stereocenters. The van der Waals surface area contributed by atoms with Gasteiger partial charge in [0.05, 0.1) is 0 Å². The van der Waals surface area contributed by atoms with Gasteiger partial charge in [-0.3, -0.25) is 0 Å². The van der Waals surface area contributed by atoms with Crippen molar-refractivity contribution in [2.75, 3.05) is 52.4 Å². The zero-order valence-electron chi connectivity index (χ0n) is 49.4. The lowest BCUT2D eigenvalue weighted by molar-refractivity contribution is -0.00800. The second-order valence-corrected chi connectivity index (χ2v) is 27.0. The summed E-state index contributed by atoms with van der Waals surface area (Å²) in [5.74, 6) is 7.17. The molecule has 10 heteroatoms. The molecular weight excluding hydrogens is 861 g/mol. The van der Waals surface area contributed by atoms with Crippen molar-refractivity contribution in [2.24, 2.45) is 69.5 Å². The van der Waals surface area contributed by atoms with Crippen molar-refractivity contribution in [3.8, 4) is 0 Å². The van der Waals surface area contributed by atoms with Gasteiger partial charge in [-0.25, -0.2) is 14.4 Å². The second-order valence-electron chi connectivity index (χ2n) is 27.0. The highest BCUT2D eigenvalue weighted by Crippen LogP contribution is 2.43. The minimum Gasteiger partial charge on any atom is -0.465 e. The van der Waals surface area contributed by atoms with Crippen LogP contribution in [0, 0.1) is 69.5 Å². The van der Waals surface area contributed by atoms with E-state index in [1.807, 2.05) is 46.4 Å². The standard InChI is InChI=1S/C14H27NO2.C11H21NO2.C9H17NO2.C9H19N.C9H18.C7H14/c1-11(2)14(6)7-9-15(10-8-14)12(16)17-13(3,4)5;1-8(2)9-6-12(7-9)10(13)14-11(3,4)5;1-7(2)8-3-5-10(6-4-8)9(11)12;1-8(2)9(3)4-6-10-7-5-9;1-8(2)9(3)6-4-5-7-9;1-6(2)7-4-3-5-7/h11H,7-10H2,1-6H3;8-9H,6-7H2,1-5H3;7-8H,3-6H2,1-2H3,(H,11,12);8,10H,4-7H2,1-3H3;8H,4-7H2,1-3H3;6-7H,3-5H2,1-2H3. The van der Waals surface area contributed by atoms with E-state index in [9.17, 15) is 14.4 Å². The quantitative estimate of drug-likeness (QED) is 0.273. The molecule has 408 valence electrons. The molecular formula is C59H116N4O6. The summed E-state index contributed by atoms with van der Waals surface area (Å²) in [4.78, 5) is 39.1. The van der Waals surface area contributed by atoms with Crippen LogP contribution in [0.25, 0.3) is 0 Å². The maximum atomic E-state index is 11.9. The van der Waals surface area contributed by atoms with Crippen molar-refractivity contribution < 1.29 is 29.0 Å². The van der Waals surface area contributed by atoms with Gasteiger partial charge in [-0.05, 0) is 176 Å². The molecule has 6 aliphatic rings. The highest BCUT2D eigenvalue weighted by atomic mass is 16.6. The maximum Gasteiger partial charge on any atom is 0.410 e. The summed E-state index contributed by atoms with van der Waals surface area (Å²) >= 11 is 0. The summed E-state index contributed by atoms with van der Waals surface area (Å²) in [6, 6.07) is 0. The zero-order valence-corrected chi connectivity index (χ0v) is 49.4. The number of carbonyl (C=O) groups is 3. The normalized spacial score (nSPS) is 21.5. The Bertz CT molecular complexity index is 1420. The third-order valence-electron chi connectivity index (χ3n) is 17.6. The van der Waals surface area contributed by atoms with E-state index in [0.29, 0.717) is 39.9 Å². The summed E-state index contributed by atoms with van der Waals surface area (Å²) in [5.41, 5.74) is 0.916. The molecule has 2 N–H and O–H groups in total. The predicted molar refractivity (Wildman–Crippen MR) is 292 cm³/mol. The van der Waals surface area contributed by atoms with E-state index in [1.165, 1.54) is 75.8 Å². The number of hydrogen-bond donors (Lipinski definition) is 2. The molecule has 0 spiro atoms. The van der Waals surface area contributed by atoms with Crippen LogP contribution < -0.4 is 5.32 Å². The van der Waals surface area contributed by atoms with E-state index in [2.05, 4.69) is 109 Å². The van der Waals surface area contributed by atoms with Crippen molar-refractivity contribution in [3.05, 3.63) is 0 Å². The number of carboxylic acid groups (broad SMARTS) is 1. The molecule has 0 aromatic carbocycles. The van der Waals surface area contributed by atoms with Gasteiger partial charge < -0.3 is 34.6 Å². The fourth-order valence-corrected chi connectivity index (χ4v) is 9.71. The number of ether oxygens (including phenoxy) is 2. The van der Waals surface area contributed by atoms with Gasteiger partial charge in [0.1, 0.15) is 11.2 Å². The molecule has 3 amide bonds. The van der Waals surface area contributed by atoms with Crippen LogP contribution in [0.3, 0.4) is 0 Å². The minimum atomic E-state index is -0.766. The summed E-state index contributed by atoms with van der Waals surface area (Å²) in [6.07, 6.45) is 16.2. The van der Waals surface area contributed by atoms with Crippen molar-refractivity contribution in [1.29, 1.82) is 0 Å². The Labute approximate surface area is 427 Å². The maximum absolute atomic E-state index is 11.9. The van der Waals surface area contributed by atoms with Crippen LogP contribution in [0.1, 0.15) is 229 Å². The third-order valence-corrected chi connectivity index (χ3v) is 17.6. The van der Waals surface area contributed by atoms with Gasteiger partial charge in [-0.2, -0.15) is 0 Å². The second kappa shape index (κ2) is 29.5. The molecule has 2 saturated carbocycles. The number of nitrogens with zero attached hydrogens (tertiary/aromatic N) is 3. The molecule has 0 aromatic rings. The highest BCUT2D eigenvalue weighted by molar-refractivity contribution is 5.69. The SMILES string of the molecule is CC(C)C1(C)CCCC1.CC(C)C1(C)CCN(C(=O)OC(C)(C)C)CC1.CC(C)C1(C)CCNCC1.CC(C)C1CCC1.CC(C)C1CCN(C(=O)O)CC1.CC(C)C1CN(C(=O)OC(C)(C)C)C1. The molecule has 4 saturated heterocycles. The van der Waals surface area contributed by atoms with E-state index >= 15 is 0 Å². The molecule has 6 rings (SSSR count). The summed E-state index contributed by atoms with van der Waals surface area (Å²) in [7, 11) is 0. The number of nitrogens with one attached hydrogen (secondary N) is 1. The Morgan fingerprint density at radius 2 is 0.826 bits per heavy atom. The third kappa shape index (κ3) is 24.4. The molecule has 0 aromatic heterocycles. The molecule has 4 aliphatic heterocycles. The first-order valence-electron chi connectivity index (χ1n) is 28.3. The van der Waals surface area contributed by atoms with Crippen molar-refractivity contribution in [2.45, 2.75) is 240 Å². The lowest BCUT2D eigenvalue weighted by Crippen LogP contribution is -2.53. The Morgan fingerprint density at radius 3 is 1.10 bits per heavy atom. The highest BCUT2D eigenvalue weighted by Gasteiger charge is 2.37. The van der Waals surface area contributed by atoms with Gasteiger partial charge in [0.25, 0.3) is 0 Å². The topological polar surface area (TPSA) is 112 Å². The Morgan fingerprint density at radius 1 is 0.478 bits per heavy atom. The summed E-state index contributed by atoms with van der Waals surface area (Å²) in [5, 5.41) is 12.1. The molecule has 6 fully saturated rings. The largest absolute Gasteiger partial charge is 0.465 e. The van der Waals surface area contributed by atoms with Gasteiger partial charge in [0, 0.05) is 39.3 Å². The van der Waals surface area contributed by atoms with Gasteiger partial charge in [0.15, 0.2) is 0 Å². The van der Waals surface area contributed by atoms with E-state index in [0.717, 1.165) is 94.5 Å². The molecule has 0 unspecified atom stereocenters. The monoisotopic (exact) mass is 977 g/mol. The Hall–Kier alpha value is -2.23. The van der Waals surface area contributed by atoms with Gasteiger partial charge in [-0.1, -0.05) is 136 Å². The molecule has 0 bridgehead atoms. The first-order chi connectivity index (χ1) is 31.6. The van der Waals surface area contributed by atoms with Crippen molar-refractivity contribution >= 4 is 18.3 Å².